The topological polar surface area (TPSA) is 75.6 Å². The van der Waals surface area contributed by atoms with Gasteiger partial charge in [0.2, 0.25) is 0 Å². The molecule has 5 nitrogen and oxygen atoms in total. The first-order valence-corrected chi connectivity index (χ1v) is 6.77. The molecule has 0 aliphatic heterocycles. The Bertz CT molecular complexity index is 493. The molecule has 20 heavy (non-hydrogen) atoms. The summed E-state index contributed by atoms with van der Waals surface area (Å²) in [5, 5.41) is 12.1. The van der Waals surface area contributed by atoms with E-state index in [-0.39, 0.29) is 13.2 Å². The van der Waals surface area contributed by atoms with Crippen molar-refractivity contribution in [3.63, 3.8) is 0 Å². The fraction of sp³-hybridized carbons (Fsp3) is 0.385. The molecule has 1 rings (SSSR count). The fourth-order valence-corrected chi connectivity index (χ4v) is 1.76. The molecule has 0 radical (unpaired) electrons. The normalized spacial score (nSPS) is 11.8. The Hall–Kier alpha value is -1.46. The summed E-state index contributed by atoms with van der Waals surface area (Å²) < 4.78 is 5.23. The van der Waals surface area contributed by atoms with Gasteiger partial charge in [0.25, 0.3) is 5.91 Å². The van der Waals surface area contributed by atoms with Gasteiger partial charge >= 0.3 is 5.97 Å². The van der Waals surface area contributed by atoms with Gasteiger partial charge in [-0.25, -0.2) is 0 Å². The number of aliphatic carboxylic acids is 1. The van der Waals surface area contributed by atoms with Crippen molar-refractivity contribution in [2.75, 3.05) is 13.2 Å². The molecule has 2 N–H and O–H groups in total. The number of ether oxygens (including phenoxy) is 1. The van der Waals surface area contributed by atoms with E-state index >= 15 is 0 Å². The number of carbonyl (C=O) groups is 2. The van der Waals surface area contributed by atoms with Crippen molar-refractivity contribution in [2.24, 2.45) is 5.92 Å². The summed E-state index contributed by atoms with van der Waals surface area (Å²) in [6.45, 7) is 1.56. The van der Waals surface area contributed by atoms with Crippen LogP contribution in [-0.2, 0) is 9.59 Å². The summed E-state index contributed by atoms with van der Waals surface area (Å²) in [6, 6.07) is 4.67. The predicted octanol–water partition coefficient (Wildman–Crippen LogP) is 2.60. The molecule has 0 aliphatic rings. The highest BCUT2D eigenvalue weighted by molar-refractivity contribution is 6.34. The molecule has 0 aliphatic carbocycles. The third-order valence-electron chi connectivity index (χ3n) is 2.64. The molecule has 0 aromatic heterocycles. The highest BCUT2D eigenvalue weighted by Crippen LogP contribution is 2.27. The van der Waals surface area contributed by atoms with Gasteiger partial charge in [-0.15, -0.1) is 0 Å². The van der Waals surface area contributed by atoms with Crippen LogP contribution in [0.3, 0.4) is 0 Å². The number of carbonyl (C=O) groups excluding carboxylic acids is 1. The molecule has 1 atom stereocenters. The Balaban J connectivity index is 2.43. The second-order valence-corrected chi connectivity index (χ2v) is 4.95. The van der Waals surface area contributed by atoms with Crippen LogP contribution in [0.25, 0.3) is 0 Å². The first-order valence-electron chi connectivity index (χ1n) is 6.01. The summed E-state index contributed by atoms with van der Waals surface area (Å²) >= 11 is 11.7. The lowest BCUT2D eigenvalue weighted by atomic mass is 10.1. The van der Waals surface area contributed by atoms with E-state index in [2.05, 4.69) is 5.32 Å². The molecule has 0 fully saturated rings. The van der Waals surface area contributed by atoms with Crippen molar-refractivity contribution in [3.05, 3.63) is 28.2 Å². The summed E-state index contributed by atoms with van der Waals surface area (Å²) in [6.07, 6.45) is 0.441. The highest BCUT2D eigenvalue weighted by atomic mass is 35.5. The van der Waals surface area contributed by atoms with Gasteiger partial charge in [-0.1, -0.05) is 30.1 Å². The molecule has 1 amide bonds. The third kappa shape index (κ3) is 5.27. The number of amides is 1. The molecule has 0 saturated carbocycles. The van der Waals surface area contributed by atoms with Crippen molar-refractivity contribution in [3.8, 4) is 5.75 Å². The van der Waals surface area contributed by atoms with Gasteiger partial charge in [0.1, 0.15) is 5.75 Å². The largest absolute Gasteiger partial charge is 0.482 e. The van der Waals surface area contributed by atoms with Crippen LogP contribution in [0.1, 0.15) is 13.3 Å². The van der Waals surface area contributed by atoms with E-state index in [1.54, 1.807) is 19.1 Å². The number of hydrogen-bond donors (Lipinski definition) is 2. The quantitative estimate of drug-likeness (QED) is 0.810. The average molecular weight is 320 g/mol. The fourth-order valence-electron chi connectivity index (χ4n) is 1.43. The average Bonchev–Trinajstić information content (AvgIpc) is 2.40. The highest BCUT2D eigenvalue weighted by Gasteiger charge is 2.16. The molecule has 110 valence electrons. The van der Waals surface area contributed by atoms with Crippen molar-refractivity contribution in [1.82, 2.24) is 5.32 Å². The first-order chi connectivity index (χ1) is 9.43. The number of hydrogen-bond acceptors (Lipinski definition) is 3. The minimum absolute atomic E-state index is 0.0668. The molecule has 1 aromatic carbocycles. The Morgan fingerprint density at radius 3 is 2.70 bits per heavy atom. The maximum atomic E-state index is 11.6. The second-order valence-electron chi connectivity index (χ2n) is 4.11. The molecular weight excluding hydrogens is 305 g/mol. The predicted molar refractivity (Wildman–Crippen MR) is 76.4 cm³/mol. The molecule has 0 saturated heterocycles. The van der Waals surface area contributed by atoms with Gasteiger partial charge in [0, 0.05) is 17.6 Å². The van der Waals surface area contributed by atoms with Crippen LogP contribution >= 0.6 is 23.2 Å². The molecule has 0 heterocycles. The van der Waals surface area contributed by atoms with Crippen LogP contribution in [0.5, 0.6) is 5.75 Å². The van der Waals surface area contributed by atoms with Gasteiger partial charge in [-0.3, -0.25) is 9.59 Å². The molecule has 0 bridgehead atoms. The maximum Gasteiger partial charge on any atom is 0.308 e. The van der Waals surface area contributed by atoms with Crippen LogP contribution in [0.4, 0.5) is 0 Å². The summed E-state index contributed by atoms with van der Waals surface area (Å²) in [5.74, 6) is -1.65. The van der Waals surface area contributed by atoms with Crippen LogP contribution in [-0.4, -0.2) is 30.1 Å². The smallest absolute Gasteiger partial charge is 0.308 e. The number of halogens is 2. The second kappa shape index (κ2) is 7.97. The zero-order valence-corrected chi connectivity index (χ0v) is 12.4. The monoisotopic (exact) mass is 319 g/mol. The van der Waals surface area contributed by atoms with Gasteiger partial charge in [-0.2, -0.15) is 0 Å². The van der Waals surface area contributed by atoms with E-state index in [9.17, 15) is 9.59 Å². The van der Waals surface area contributed by atoms with E-state index in [0.29, 0.717) is 22.2 Å². The van der Waals surface area contributed by atoms with Crippen molar-refractivity contribution >= 4 is 35.1 Å². The van der Waals surface area contributed by atoms with E-state index in [0.717, 1.165) is 0 Å². The maximum absolute atomic E-state index is 11.6. The van der Waals surface area contributed by atoms with E-state index in [1.165, 1.54) is 6.07 Å². The number of rotatable bonds is 7. The van der Waals surface area contributed by atoms with Crippen molar-refractivity contribution in [1.29, 1.82) is 0 Å². The standard InChI is InChI=1S/C13H15Cl2NO4/c1-2-8(13(18)19)6-16-12(17)7-20-11-5-9(14)3-4-10(11)15/h3-5,8H,2,6-7H2,1H3,(H,16,17)(H,18,19). The van der Waals surface area contributed by atoms with Gasteiger partial charge in [-0.05, 0) is 18.6 Å². The van der Waals surface area contributed by atoms with Gasteiger partial charge in [0.05, 0.1) is 10.9 Å². The number of carboxylic acid groups (broad SMARTS) is 1. The summed E-state index contributed by atoms with van der Waals surface area (Å²) in [4.78, 5) is 22.3. The molecule has 0 spiro atoms. The minimum atomic E-state index is -0.938. The van der Waals surface area contributed by atoms with E-state index in [1.807, 2.05) is 0 Å². The zero-order valence-electron chi connectivity index (χ0n) is 10.9. The number of carboxylic acids is 1. The lowest BCUT2D eigenvalue weighted by Crippen LogP contribution is -2.35. The minimum Gasteiger partial charge on any atom is -0.482 e. The van der Waals surface area contributed by atoms with Crippen molar-refractivity contribution < 1.29 is 19.4 Å². The molecule has 1 unspecified atom stereocenters. The SMILES string of the molecule is CCC(CNC(=O)COc1cc(Cl)ccc1Cl)C(=O)O. The zero-order chi connectivity index (χ0) is 15.1. The lowest BCUT2D eigenvalue weighted by Gasteiger charge is -2.12. The first kappa shape index (κ1) is 16.6. The van der Waals surface area contributed by atoms with Gasteiger partial charge in [0.15, 0.2) is 6.61 Å². The van der Waals surface area contributed by atoms with Crippen LogP contribution in [0.2, 0.25) is 10.0 Å². The van der Waals surface area contributed by atoms with Crippen molar-refractivity contribution in [2.45, 2.75) is 13.3 Å². The Morgan fingerprint density at radius 2 is 2.10 bits per heavy atom. The molecular formula is C13H15Cl2NO4. The summed E-state index contributed by atoms with van der Waals surface area (Å²) in [5.41, 5.74) is 0. The van der Waals surface area contributed by atoms with Crippen LogP contribution < -0.4 is 10.1 Å². The molecule has 7 heteroatoms. The molecule has 1 aromatic rings. The van der Waals surface area contributed by atoms with Crippen LogP contribution in [0.15, 0.2) is 18.2 Å². The number of nitrogens with one attached hydrogen (secondary N) is 1. The lowest BCUT2D eigenvalue weighted by molar-refractivity contribution is -0.141. The summed E-state index contributed by atoms with van der Waals surface area (Å²) in [7, 11) is 0. The third-order valence-corrected chi connectivity index (χ3v) is 3.19. The van der Waals surface area contributed by atoms with E-state index in [4.69, 9.17) is 33.0 Å². The Labute approximate surface area is 126 Å². The van der Waals surface area contributed by atoms with E-state index < -0.39 is 17.8 Å². The number of benzene rings is 1. The van der Waals surface area contributed by atoms with Crippen LogP contribution in [0, 0.1) is 5.92 Å². The Kier molecular flexibility index (Phi) is 6.61. The van der Waals surface area contributed by atoms with Gasteiger partial charge < -0.3 is 15.2 Å². The Morgan fingerprint density at radius 1 is 1.40 bits per heavy atom.